The Hall–Kier alpha value is -1.64. The van der Waals surface area contributed by atoms with Gasteiger partial charge in [0.25, 0.3) is 0 Å². The first kappa shape index (κ1) is 21.7. The predicted octanol–water partition coefficient (Wildman–Crippen LogP) is 2.72. The van der Waals surface area contributed by atoms with Crippen LogP contribution in [0.1, 0.15) is 19.4 Å². The standard InChI is InChI=1S/C18H27ClF2N4O2/c1-18(2,25-6-8-26-9-7-25)12-24-17(22-3)23-11-13-10-14(19)4-5-15(13)27-16(20)21/h4-5,10,16H,6-9,11-12H2,1-3H3,(H2,22,23,24). The molecule has 1 fully saturated rings. The van der Waals surface area contributed by atoms with E-state index >= 15 is 0 Å². The molecule has 0 amide bonds. The van der Waals surface area contributed by atoms with E-state index in [2.05, 4.69) is 39.1 Å². The van der Waals surface area contributed by atoms with Crippen molar-refractivity contribution in [1.29, 1.82) is 0 Å². The van der Waals surface area contributed by atoms with Crippen molar-refractivity contribution in [2.45, 2.75) is 32.5 Å². The normalized spacial score (nSPS) is 16.5. The molecule has 152 valence electrons. The van der Waals surface area contributed by atoms with Crippen molar-refractivity contribution in [2.24, 2.45) is 4.99 Å². The minimum Gasteiger partial charge on any atom is -0.434 e. The van der Waals surface area contributed by atoms with E-state index < -0.39 is 6.61 Å². The van der Waals surface area contributed by atoms with Crippen LogP contribution in [0.2, 0.25) is 5.02 Å². The molecule has 0 spiro atoms. The van der Waals surface area contributed by atoms with Crippen LogP contribution in [0.4, 0.5) is 8.78 Å². The maximum absolute atomic E-state index is 12.6. The van der Waals surface area contributed by atoms with Gasteiger partial charge in [0.2, 0.25) is 0 Å². The van der Waals surface area contributed by atoms with Crippen molar-refractivity contribution in [3.8, 4) is 5.75 Å². The Morgan fingerprint density at radius 2 is 2.04 bits per heavy atom. The average Bonchev–Trinajstić information content (AvgIpc) is 2.64. The highest BCUT2D eigenvalue weighted by Gasteiger charge is 2.28. The molecule has 9 heteroatoms. The Morgan fingerprint density at radius 1 is 1.33 bits per heavy atom. The highest BCUT2D eigenvalue weighted by molar-refractivity contribution is 6.30. The van der Waals surface area contributed by atoms with Crippen LogP contribution >= 0.6 is 11.6 Å². The van der Waals surface area contributed by atoms with Crippen molar-refractivity contribution < 1.29 is 18.3 Å². The molecule has 6 nitrogen and oxygen atoms in total. The summed E-state index contributed by atoms with van der Waals surface area (Å²) in [6.07, 6.45) is 0. The third-order valence-corrected chi connectivity index (χ3v) is 4.70. The lowest BCUT2D eigenvalue weighted by Gasteiger charge is -2.41. The van der Waals surface area contributed by atoms with E-state index in [0.717, 1.165) is 26.3 Å². The number of alkyl halides is 2. The molecule has 0 bridgehead atoms. The van der Waals surface area contributed by atoms with Crippen LogP contribution in [0.25, 0.3) is 0 Å². The van der Waals surface area contributed by atoms with Gasteiger partial charge in [-0.05, 0) is 32.0 Å². The quantitative estimate of drug-likeness (QED) is 0.540. The molecule has 1 aromatic carbocycles. The zero-order chi connectivity index (χ0) is 19.9. The maximum atomic E-state index is 12.6. The number of hydrogen-bond acceptors (Lipinski definition) is 4. The minimum absolute atomic E-state index is 0.0819. The second-order valence-corrected chi connectivity index (χ2v) is 7.26. The fourth-order valence-corrected chi connectivity index (χ4v) is 3.07. The van der Waals surface area contributed by atoms with Crippen LogP contribution in [0, 0.1) is 0 Å². The second kappa shape index (κ2) is 10.1. The highest BCUT2D eigenvalue weighted by atomic mass is 35.5. The molecule has 1 saturated heterocycles. The molecule has 0 radical (unpaired) electrons. The van der Waals surface area contributed by atoms with E-state index in [9.17, 15) is 8.78 Å². The zero-order valence-corrected chi connectivity index (χ0v) is 16.7. The number of guanidine groups is 1. The van der Waals surface area contributed by atoms with Crippen LogP contribution in [-0.4, -0.2) is 62.9 Å². The average molecular weight is 405 g/mol. The predicted molar refractivity (Wildman–Crippen MR) is 103 cm³/mol. The molecule has 0 aliphatic carbocycles. The van der Waals surface area contributed by atoms with Crippen molar-refractivity contribution in [3.63, 3.8) is 0 Å². The van der Waals surface area contributed by atoms with Gasteiger partial charge in [0.15, 0.2) is 5.96 Å². The van der Waals surface area contributed by atoms with Crippen molar-refractivity contribution in [2.75, 3.05) is 39.9 Å². The molecule has 2 rings (SSSR count). The second-order valence-electron chi connectivity index (χ2n) is 6.82. The number of halogens is 3. The molecule has 1 aromatic rings. The molecule has 0 unspecified atom stereocenters. The first-order chi connectivity index (χ1) is 12.8. The first-order valence-electron chi connectivity index (χ1n) is 8.82. The summed E-state index contributed by atoms with van der Waals surface area (Å²) in [5.74, 6) is 0.658. The summed E-state index contributed by atoms with van der Waals surface area (Å²) >= 11 is 5.98. The van der Waals surface area contributed by atoms with Gasteiger partial charge < -0.3 is 20.1 Å². The summed E-state index contributed by atoms with van der Waals surface area (Å²) in [6, 6.07) is 4.54. The van der Waals surface area contributed by atoms with Crippen LogP contribution < -0.4 is 15.4 Å². The Bertz CT molecular complexity index is 638. The molecular formula is C18H27ClF2N4O2. The number of nitrogens with one attached hydrogen (secondary N) is 2. The highest BCUT2D eigenvalue weighted by Crippen LogP contribution is 2.24. The number of morpholine rings is 1. The van der Waals surface area contributed by atoms with Crippen molar-refractivity contribution >= 4 is 17.6 Å². The van der Waals surface area contributed by atoms with Crippen LogP contribution in [0.15, 0.2) is 23.2 Å². The van der Waals surface area contributed by atoms with Crippen LogP contribution in [0.5, 0.6) is 5.75 Å². The molecule has 1 heterocycles. The molecule has 2 N–H and O–H groups in total. The fourth-order valence-electron chi connectivity index (χ4n) is 2.88. The number of aliphatic imine (C=N–C) groups is 1. The van der Waals surface area contributed by atoms with Gasteiger partial charge in [-0.1, -0.05) is 11.6 Å². The largest absolute Gasteiger partial charge is 0.434 e. The minimum atomic E-state index is -2.89. The lowest BCUT2D eigenvalue weighted by atomic mass is 10.0. The van der Waals surface area contributed by atoms with Gasteiger partial charge >= 0.3 is 6.61 Å². The summed E-state index contributed by atoms with van der Waals surface area (Å²) in [4.78, 5) is 6.56. The van der Waals surface area contributed by atoms with Gasteiger partial charge in [-0.25, -0.2) is 0 Å². The molecule has 0 saturated carbocycles. The molecular weight excluding hydrogens is 378 g/mol. The SMILES string of the molecule is CN=C(NCc1cc(Cl)ccc1OC(F)F)NCC(C)(C)N1CCOCC1. The monoisotopic (exact) mass is 404 g/mol. The number of nitrogens with zero attached hydrogens (tertiary/aromatic N) is 2. The first-order valence-corrected chi connectivity index (χ1v) is 9.20. The van der Waals surface area contributed by atoms with Crippen molar-refractivity contribution in [1.82, 2.24) is 15.5 Å². The number of benzene rings is 1. The van der Waals surface area contributed by atoms with E-state index in [1.165, 1.54) is 12.1 Å². The van der Waals surface area contributed by atoms with Gasteiger partial charge in [0.05, 0.1) is 13.2 Å². The van der Waals surface area contributed by atoms with Crippen molar-refractivity contribution in [3.05, 3.63) is 28.8 Å². The third kappa shape index (κ3) is 6.79. The van der Waals surface area contributed by atoms with Crippen LogP contribution in [0.3, 0.4) is 0 Å². The zero-order valence-electron chi connectivity index (χ0n) is 15.9. The van der Waals surface area contributed by atoms with Gasteiger partial charge in [-0.2, -0.15) is 8.78 Å². The lowest BCUT2D eigenvalue weighted by molar-refractivity contribution is -0.0504. The van der Waals surface area contributed by atoms with Gasteiger partial charge in [0, 0.05) is 49.4 Å². The van der Waals surface area contributed by atoms with E-state index in [4.69, 9.17) is 16.3 Å². The smallest absolute Gasteiger partial charge is 0.387 e. The fraction of sp³-hybridized carbons (Fsp3) is 0.611. The van der Waals surface area contributed by atoms with Gasteiger partial charge in [-0.3, -0.25) is 9.89 Å². The van der Waals surface area contributed by atoms with E-state index in [1.54, 1.807) is 13.1 Å². The van der Waals surface area contributed by atoms with E-state index in [1.807, 2.05) is 0 Å². The molecule has 1 aliphatic rings. The van der Waals surface area contributed by atoms with Gasteiger partial charge in [0.1, 0.15) is 5.75 Å². The lowest BCUT2D eigenvalue weighted by Crippen LogP contribution is -2.56. The topological polar surface area (TPSA) is 58.1 Å². The summed E-state index contributed by atoms with van der Waals surface area (Å²) in [6.45, 7) is 5.58. The Morgan fingerprint density at radius 3 is 2.67 bits per heavy atom. The number of rotatable bonds is 7. The Balaban J connectivity index is 1.93. The van der Waals surface area contributed by atoms with E-state index in [0.29, 0.717) is 23.1 Å². The summed E-state index contributed by atoms with van der Waals surface area (Å²) in [5, 5.41) is 6.85. The summed E-state index contributed by atoms with van der Waals surface area (Å²) < 4.78 is 35.1. The summed E-state index contributed by atoms with van der Waals surface area (Å²) in [5.41, 5.74) is 0.444. The molecule has 27 heavy (non-hydrogen) atoms. The van der Waals surface area contributed by atoms with Crippen LogP contribution in [-0.2, 0) is 11.3 Å². The molecule has 0 atom stereocenters. The maximum Gasteiger partial charge on any atom is 0.387 e. The van der Waals surface area contributed by atoms with Gasteiger partial charge in [-0.15, -0.1) is 0 Å². The number of ether oxygens (including phenoxy) is 2. The Kier molecular flexibility index (Phi) is 8.07. The summed E-state index contributed by atoms with van der Waals surface area (Å²) in [7, 11) is 1.66. The third-order valence-electron chi connectivity index (χ3n) is 4.46. The molecule has 1 aliphatic heterocycles. The Labute approximate surface area is 163 Å². The molecule has 0 aromatic heterocycles. The van der Waals surface area contributed by atoms with E-state index in [-0.39, 0.29) is 17.8 Å². The number of hydrogen-bond donors (Lipinski definition) is 2.